The van der Waals surface area contributed by atoms with Gasteiger partial charge in [-0.1, -0.05) is 26.0 Å². The van der Waals surface area contributed by atoms with Gasteiger partial charge in [-0.3, -0.25) is 9.59 Å². The summed E-state index contributed by atoms with van der Waals surface area (Å²) >= 11 is 1.45. The van der Waals surface area contributed by atoms with Crippen LogP contribution in [0.15, 0.2) is 24.3 Å². The molecule has 1 aromatic carbocycles. The van der Waals surface area contributed by atoms with Crippen LogP contribution in [0.25, 0.3) is 0 Å². The number of thiophene rings is 1. The zero-order valence-electron chi connectivity index (χ0n) is 16.2. The summed E-state index contributed by atoms with van der Waals surface area (Å²) in [6.07, 6.45) is 3.88. The standard InChI is InChI=1S/C21H26FN3O2S/c1-12(2)19(13-7-9-14(22)10-8-13)24-11-17(26)25-21-18(20(23)27)15-5-3-4-6-16(15)28-21/h7-10,12,19,24H,3-6,11H2,1-2H3,(H2,23,27)(H,25,26)/t19-/m0/s1. The molecule has 1 aliphatic carbocycles. The summed E-state index contributed by atoms with van der Waals surface area (Å²) in [5.74, 6) is -0.791. The second-order valence-corrected chi connectivity index (χ2v) is 8.59. The zero-order valence-corrected chi connectivity index (χ0v) is 17.0. The lowest BCUT2D eigenvalue weighted by molar-refractivity contribution is -0.115. The Kier molecular flexibility index (Phi) is 6.46. The number of carbonyl (C=O) groups is 2. The van der Waals surface area contributed by atoms with Gasteiger partial charge in [0.05, 0.1) is 12.1 Å². The van der Waals surface area contributed by atoms with E-state index in [1.165, 1.54) is 23.5 Å². The minimum atomic E-state index is -0.492. The van der Waals surface area contributed by atoms with Gasteiger partial charge >= 0.3 is 0 Å². The van der Waals surface area contributed by atoms with E-state index < -0.39 is 5.91 Å². The maximum absolute atomic E-state index is 13.2. The Morgan fingerprint density at radius 1 is 1.18 bits per heavy atom. The number of nitrogens with one attached hydrogen (secondary N) is 2. The fourth-order valence-corrected chi connectivity index (χ4v) is 5.01. The summed E-state index contributed by atoms with van der Waals surface area (Å²) in [6, 6.07) is 6.20. The topological polar surface area (TPSA) is 84.2 Å². The number of amides is 2. The molecule has 0 radical (unpaired) electrons. The number of fused-ring (bicyclic) bond motifs is 1. The molecule has 0 saturated carbocycles. The molecule has 1 atom stereocenters. The summed E-state index contributed by atoms with van der Waals surface area (Å²) in [5.41, 5.74) is 7.97. The molecular formula is C21H26FN3O2S. The molecule has 1 heterocycles. The van der Waals surface area contributed by atoms with Crippen molar-refractivity contribution >= 4 is 28.2 Å². The van der Waals surface area contributed by atoms with E-state index in [9.17, 15) is 14.0 Å². The average molecular weight is 404 g/mol. The van der Waals surface area contributed by atoms with Crippen molar-refractivity contribution in [3.8, 4) is 0 Å². The predicted molar refractivity (Wildman–Crippen MR) is 110 cm³/mol. The molecule has 2 aromatic rings. The lowest BCUT2D eigenvalue weighted by Crippen LogP contribution is -2.34. The number of hydrogen-bond acceptors (Lipinski definition) is 4. The van der Waals surface area contributed by atoms with E-state index >= 15 is 0 Å². The molecule has 0 bridgehead atoms. The maximum atomic E-state index is 13.2. The van der Waals surface area contributed by atoms with Crippen molar-refractivity contribution in [3.05, 3.63) is 51.7 Å². The number of nitrogens with two attached hydrogens (primary N) is 1. The Bertz CT molecular complexity index is 861. The minimum absolute atomic E-state index is 0.0843. The molecule has 28 heavy (non-hydrogen) atoms. The first-order valence-electron chi connectivity index (χ1n) is 9.60. The summed E-state index contributed by atoms with van der Waals surface area (Å²) in [5, 5.41) is 6.65. The largest absolute Gasteiger partial charge is 0.365 e. The third-order valence-corrected chi connectivity index (χ3v) is 6.26. The van der Waals surface area contributed by atoms with Crippen LogP contribution in [0.1, 0.15) is 59.1 Å². The highest BCUT2D eigenvalue weighted by Gasteiger charge is 2.25. The summed E-state index contributed by atoms with van der Waals surface area (Å²) in [4.78, 5) is 25.6. The van der Waals surface area contributed by atoms with Crippen LogP contribution in [-0.4, -0.2) is 18.4 Å². The van der Waals surface area contributed by atoms with Crippen molar-refractivity contribution in [1.82, 2.24) is 5.32 Å². The number of halogens is 1. The summed E-state index contributed by atoms with van der Waals surface area (Å²) in [6.45, 7) is 4.16. The van der Waals surface area contributed by atoms with Crippen LogP contribution in [0.5, 0.6) is 0 Å². The van der Waals surface area contributed by atoms with Gasteiger partial charge in [-0.2, -0.15) is 0 Å². The van der Waals surface area contributed by atoms with Gasteiger partial charge in [0.15, 0.2) is 0 Å². The quantitative estimate of drug-likeness (QED) is 0.658. The summed E-state index contributed by atoms with van der Waals surface area (Å²) in [7, 11) is 0. The fraction of sp³-hybridized carbons (Fsp3) is 0.429. The molecule has 150 valence electrons. The van der Waals surface area contributed by atoms with Crippen LogP contribution in [0.3, 0.4) is 0 Å². The third-order valence-electron chi connectivity index (χ3n) is 5.05. The first kappa shape index (κ1) is 20.5. The van der Waals surface area contributed by atoms with Crippen molar-refractivity contribution in [2.75, 3.05) is 11.9 Å². The highest BCUT2D eigenvalue weighted by molar-refractivity contribution is 7.17. The fourth-order valence-electron chi connectivity index (χ4n) is 3.70. The monoisotopic (exact) mass is 403 g/mol. The first-order chi connectivity index (χ1) is 13.4. The summed E-state index contributed by atoms with van der Waals surface area (Å²) < 4.78 is 13.2. The number of anilines is 1. The number of aryl methyl sites for hydroxylation is 1. The zero-order chi connectivity index (χ0) is 20.3. The van der Waals surface area contributed by atoms with E-state index in [0.29, 0.717) is 10.6 Å². The van der Waals surface area contributed by atoms with Gasteiger partial charge in [-0.05, 0) is 54.9 Å². The Hall–Kier alpha value is -2.25. The van der Waals surface area contributed by atoms with Gasteiger partial charge in [0, 0.05) is 10.9 Å². The molecular weight excluding hydrogens is 377 g/mol. The van der Waals surface area contributed by atoms with Crippen LogP contribution in [0.4, 0.5) is 9.39 Å². The van der Waals surface area contributed by atoms with Gasteiger partial charge in [0.25, 0.3) is 5.91 Å². The van der Waals surface area contributed by atoms with E-state index in [-0.39, 0.29) is 30.2 Å². The highest BCUT2D eigenvalue weighted by atomic mass is 32.1. The Morgan fingerprint density at radius 3 is 2.50 bits per heavy atom. The molecule has 4 N–H and O–H groups in total. The van der Waals surface area contributed by atoms with Crippen molar-refractivity contribution in [2.45, 2.75) is 45.6 Å². The van der Waals surface area contributed by atoms with Crippen molar-refractivity contribution in [2.24, 2.45) is 11.7 Å². The molecule has 0 unspecified atom stereocenters. The number of carbonyl (C=O) groups excluding carboxylic acids is 2. The van der Waals surface area contributed by atoms with E-state index in [1.54, 1.807) is 12.1 Å². The molecule has 0 aliphatic heterocycles. The number of hydrogen-bond donors (Lipinski definition) is 3. The Morgan fingerprint density at radius 2 is 1.86 bits per heavy atom. The van der Waals surface area contributed by atoms with Crippen LogP contribution < -0.4 is 16.4 Å². The van der Waals surface area contributed by atoms with Crippen molar-refractivity contribution in [3.63, 3.8) is 0 Å². The van der Waals surface area contributed by atoms with E-state index in [2.05, 4.69) is 10.6 Å². The third kappa shape index (κ3) is 4.59. The van der Waals surface area contributed by atoms with Crippen LogP contribution in [-0.2, 0) is 17.6 Å². The molecule has 3 rings (SSSR count). The second-order valence-electron chi connectivity index (χ2n) is 7.48. The lowest BCUT2D eigenvalue weighted by atomic mass is 9.95. The smallest absolute Gasteiger partial charge is 0.251 e. The number of rotatable bonds is 7. The first-order valence-corrected chi connectivity index (χ1v) is 10.4. The van der Waals surface area contributed by atoms with E-state index in [4.69, 9.17) is 5.73 Å². The molecule has 1 aliphatic rings. The molecule has 2 amide bonds. The van der Waals surface area contributed by atoms with Crippen molar-refractivity contribution < 1.29 is 14.0 Å². The molecule has 0 saturated heterocycles. The lowest BCUT2D eigenvalue weighted by Gasteiger charge is -2.22. The van der Waals surface area contributed by atoms with Gasteiger partial charge in [-0.15, -0.1) is 11.3 Å². The van der Waals surface area contributed by atoms with Crippen LogP contribution in [0.2, 0.25) is 0 Å². The minimum Gasteiger partial charge on any atom is -0.365 e. The predicted octanol–water partition coefficient (Wildman–Crippen LogP) is 3.79. The molecule has 7 heteroatoms. The normalized spacial score (nSPS) is 14.6. The molecule has 0 fully saturated rings. The maximum Gasteiger partial charge on any atom is 0.251 e. The van der Waals surface area contributed by atoms with E-state index in [0.717, 1.165) is 41.7 Å². The van der Waals surface area contributed by atoms with E-state index in [1.807, 2.05) is 13.8 Å². The highest BCUT2D eigenvalue weighted by Crippen LogP contribution is 2.37. The Balaban J connectivity index is 1.69. The van der Waals surface area contributed by atoms with Gasteiger partial charge in [0.2, 0.25) is 5.91 Å². The van der Waals surface area contributed by atoms with Gasteiger partial charge < -0.3 is 16.4 Å². The molecule has 1 aromatic heterocycles. The molecule has 0 spiro atoms. The van der Waals surface area contributed by atoms with Crippen LogP contribution >= 0.6 is 11.3 Å². The van der Waals surface area contributed by atoms with Crippen LogP contribution in [0, 0.1) is 11.7 Å². The van der Waals surface area contributed by atoms with Crippen molar-refractivity contribution in [1.29, 1.82) is 0 Å². The molecule has 5 nitrogen and oxygen atoms in total. The number of benzene rings is 1. The Labute approximate surface area is 168 Å². The van der Waals surface area contributed by atoms with Gasteiger partial charge in [-0.25, -0.2) is 4.39 Å². The number of primary amides is 1. The average Bonchev–Trinajstić information content (AvgIpc) is 3.01. The SMILES string of the molecule is CC(C)[C@H](NCC(=O)Nc1sc2c(c1C(N)=O)CCCC2)c1ccc(F)cc1. The van der Waals surface area contributed by atoms with Gasteiger partial charge in [0.1, 0.15) is 10.8 Å². The second kappa shape index (κ2) is 8.84.